The van der Waals surface area contributed by atoms with Gasteiger partial charge in [-0.2, -0.15) is 5.10 Å². The van der Waals surface area contributed by atoms with Gasteiger partial charge in [0.2, 0.25) is 0 Å². The molecule has 1 N–H and O–H groups in total. The molecule has 4 aromatic rings. The number of nitrogens with one attached hydrogen (secondary N) is 1. The monoisotopic (exact) mass is 522 g/mol. The van der Waals surface area contributed by atoms with E-state index in [0.29, 0.717) is 23.6 Å². The van der Waals surface area contributed by atoms with E-state index in [4.69, 9.17) is 9.26 Å². The molecule has 0 unspecified atom stereocenters. The van der Waals surface area contributed by atoms with Crippen LogP contribution < -0.4 is 10.1 Å². The lowest BCUT2D eigenvalue weighted by Crippen LogP contribution is -2.16. The number of benzene rings is 2. The van der Waals surface area contributed by atoms with Crippen LogP contribution in [-0.2, 0) is 13.2 Å². The molecule has 0 aliphatic rings. The lowest BCUT2D eigenvalue weighted by molar-refractivity contribution is 0.101. The number of halogens is 1. The molecule has 0 aliphatic heterocycles. The van der Waals surface area contributed by atoms with Crippen molar-refractivity contribution in [1.82, 2.24) is 14.9 Å². The number of hydrogen-bond donors (Lipinski definition) is 1. The highest BCUT2D eigenvalue weighted by Crippen LogP contribution is 2.25. The van der Waals surface area contributed by atoms with Crippen molar-refractivity contribution >= 4 is 27.5 Å². The van der Waals surface area contributed by atoms with Crippen LogP contribution in [0.5, 0.6) is 5.75 Å². The van der Waals surface area contributed by atoms with Crippen LogP contribution in [0.3, 0.4) is 0 Å². The van der Waals surface area contributed by atoms with E-state index in [1.807, 2.05) is 68.8 Å². The molecule has 2 heterocycles. The Hall–Kier alpha value is -3.39. The maximum atomic E-state index is 13.1. The molecule has 1 amide bonds. The number of hydrogen-bond acceptors (Lipinski definition) is 5. The first-order valence-corrected chi connectivity index (χ1v) is 11.8. The van der Waals surface area contributed by atoms with E-state index >= 15 is 0 Å². The maximum Gasteiger partial charge on any atom is 0.278 e. The minimum atomic E-state index is -0.356. The number of nitrogens with zero attached hydrogens (tertiary/aromatic N) is 3. The van der Waals surface area contributed by atoms with Gasteiger partial charge in [0, 0.05) is 4.47 Å². The minimum Gasteiger partial charge on any atom is -0.488 e. The first kappa shape index (κ1) is 23.8. The van der Waals surface area contributed by atoms with E-state index in [9.17, 15) is 4.79 Å². The Bertz CT molecular complexity index is 1340. The molecule has 0 bridgehead atoms. The molecular weight excluding hydrogens is 496 g/mol. The van der Waals surface area contributed by atoms with E-state index < -0.39 is 0 Å². The Balaban J connectivity index is 1.51. The molecule has 0 atom stereocenters. The third-order valence-corrected chi connectivity index (χ3v) is 6.30. The predicted molar refractivity (Wildman–Crippen MR) is 134 cm³/mol. The quantitative estimate of drug-likeness (QED) is 0.319. The molecule has 0 saturated carbocycles. The largest absolute Gasteiger partial charge is 0.488 e. The number of aryl methyl sites for hydroxylation is 4. The average molecular weight is 523 g/mol. The van der Waals surface area contributed by atoms with Crippen LogP contribution in [0.1, 0.15) is 49.9 Å². The second-order valence-electron chi connectivity index (χ2n) is 8.41. The Kier molecular flexibility index (Phi) is 6.88. The molecule has 0 spiro atoms. The Morgan fingerprint density at radius 2 is 1.82 bits per heavy atom. The zero-order chi connectivity index (χ0) is 24.4. The molecule has 0 radical (unpaired) electrons. The fourth-order valence-corrected chi connectivity index (χ4v) is 4.08. The van der Waals surface area contributed by atoms with Gasteiger partial charge in [-0.25, -0.2) is 0 Å². The number of anilines is 1. The molecule has 176 valence electrons. The van der Waals surface area contributed by atoms with Crippen molar-refractivity contribution in [2.45, 2.75) is 47.8 Å². The lowest BCUT2D eigenvalue weighted by Gasteiger charge is -2.10. The normalized spacial score (nSPS) is 11.0. The van der Waals surface area contributed by atoms with E-state index in [1.54, 1.807) is 6.92 Å². The highest BCUT2D eigenvalue weighted by molar-refractivity contribution is 9.10. The van der Waals surface area contributed by atoms with Crippen molar-refractivity contribution in [3.05, 3.63) is 92.0 Å². The predicted octanol–water partition coefficient (Wildman–Crippen LogP) is 6.06. The molecule has 2 aromatic heterocycles. The molecule has 8 heteroatoms. The molecular formula is C26H27BrN4O3. The van der Waals surface area contributed by atoms with Gasteiger partial charge in [0.1, 0.15) is 18.1 Å². The van der Waals surface area contributed by atoms with Crippen LogP contribution in [-0.4, -0.2) is 20.8 Å². The standard InChI is InChI=1S/C26H27BrN4O3/c1-15-6-11-23(16(2)12-15)33-14-22-19(5)34-30-25(22)26(32)28-24-17(3)29-31(18(24)4)13-20-7-9-21(27)10-8-20/h6-12H,13-14H2,1-5H3,(H,28,32). The van der Waals surface area contributed by atoms with Gasteiger partial charge in [0.05, 0.1) is 29.2 Å². The highest BCUT2D eigenvalue weighted by Gasteiger charge is 2.23. The van der Waals surface area contributed by atoms with Crippen LogP contribution >= 0.6 is 15.9 Å². The number of carbonyl (C=O) groups excluding carboxylic acids is 1. The smallest absolute Gasteiger partial charge is 0.278 e. The first-order valence-electron chi connectivity index (χ1n) is 11.0. The molecule has 0 fully saturated rings. The molecule has 7 nitrogen and oxygen atoms in total. The van der Waals surface area contributed by atoms with Gasteiger partial charge < -0.3 is 14.6 Å². The SMILES string of the molecule is Cc1ccc(OCc2c(C(=O)Nc3c(C)nn(Cc4ccc(Br)cc4)c3C)noc2C)c(C)c1. The second kappa shape index (κ2) is 9.85. The summed E-state index contributed by atoms with van der Waals surface area (Å²) in [6, 6.07) is 14.1. The van der Waals surface area contributed by atoms with Crippen LogP contribution in [0.4, 0.5) is 5.69 Å². The minimum absolute atomic E-state index is 0.183. The second-order valence-corrected chi connectivity index (χ2v) is 9.32. The van der Waals surface area contributed by atoms with E-state index in [0.717, 1.165) is 38.3 Å². The third kappa shape index (κ3) is 5.07. The van der Waals surface area contributed by atoms with Gasteiger partial charge >= 0.3 is 0 Å². The summed E-state index contributed by atoms with van der Waals surface area (Å²) in [6.07, 6.45) is 0. The van der Waals surface area contributed by atoms with Gasteiger partial charge in [-0.15, -0.1) is 0 Å². The summed E-state index contributed by atoms with van der Waals surface area (Å²) < 4.78 is 14.2. The Morgan fingerprint density at radius 3 is 2.53 bits per heavy atom. The van der Waals surface area contributed by atoms with Gasteiger partial charge in [-0.05, 0) is 63.9 Å². The fraction of sp³-hybridized carbons (Fsp3) is 0.269. The molecule has 0 saturated heterocycles. The topological polar surface area (TPSA) is 82.2 Å². The maximum absolute atomic E-state index is 13.1. The first-order chi connectivity index (χ1) is 16.2. The van der Waals surface area contributed by atoms with Gasteiger partial charge in [0.15, 0.2) is 5.69 Å². The van der Waals surface area contributed by atoms with E-state index in [1.165, 1.54) is 0 Å². The number of rotatable bonds is 7. The molecule has 4 rings (SSSR count). The summed E-state index contributed by atoms with van der Waals surface area (Å²) in [5.74, 6) is 0.957. The Labute approximate surface area is 207 Å². The number of aromatic nitrogens is 3. The van der Waals surface area contributed by atoms with Crippen LogP contribution in [0.2, 0.25) is 0 Å². The van der Waals surface area contributed by atoms with Gasteiger partial charge in [0.25, 0.3) is 5.91 Å². The molecule has 0 aliphatic carbocycles. The van der Waals surface area contributed by atoms with Crippen molar-refractivity contribution in [3.63, 3.8) is 0 Å². The third-order valence-electron chi connectivity index (χ3n) is 5.77. The van der Waals surface area contributed by atoms with Crippen LogP contribution in [0.15, 0.2) is 51.5 Å². The average Bonchev–Trinajstić information content (AvgIpc) is 3.29. The summed E-state index contributed by atoms with van der Waals surface area (Å²) in [4.78, 5) is 13.1. The summed E-state index contributed by atoms with van der Waals surface area (Å²) in [6.45, 7) is 10.4. The summed E-state index contributed by atoms with van der Waals surface area (Å²) >= 11 is 3.46. The van der Waals surface area contributed by atoms with Crippen LogP contribution in [0.25, 0.3) is 0 Å². The molecule has 2 aromatic carbocycles. The zero-order valence-electron chi connectivity index (χ0n) is 19.9. The summed E-state index contributed by atoms with van der Waals surface area (Å²) in [5.41, 5.74) is 6.41. The Morgan fingerprint density at radius 1 is 1.09 bits per heavy atom. The van der Waals surface area contributed by atoms with Crippen molar-refractivity contribution in [3.8, 4) is 5.75 Å². The summed E-state index contributed by atoms with van der Waals surface area (Å²) in [7, 11) is 0. The summed E-state index contributed by atoms with van der Waals surface area (Å²) in [5, 5.41) is 11.6. The molecule has 34 heavy (non-hydrogen) atoms. The zero-order valence-corrected chi connectivity index (χ0v) is 21.5. The number of amides is 1. The van der Waals surface area contributed by atoms with E-state index in [2.05, 4.69) is 37.6 Å². The van der Waals surface area contributed by atoms with Gasteiger partial charge in [-0.1, -0.05) is 50.9 Å². The number of ether oxygens (including phenoxy) is 1. The number of carbonyl (C=O) groups is 1. The van der Waals surface area contributed by atoms with Gasteiger partial charge in [-0.3, -0.25) is 9.48 Å². The fourth-order valence-electron chi connectivity index (χ4n) is 3.82. The van der Waals surface area contributed by atoms with Crippen LogP contribution in [0, 0.1) is 34.6 Å². The van der Waals surface area contributed by atoms with Crippen molar-refractivity contribution < 1.29 is 14.1 Å². The van der Waals surface area contributed by atoms with E-state index in [-0.39, 0.29) is 18.2 Å². The van der Waals surface area contributed by atoms with Crippen molar-refractivity contribution in [2.75, 3.05) is 5.32 Å². The van der Waals surface area contributed by atoms with Crippen molar-refractivity contribution in [2.24, 2.45) is 0 Å². The lowest BCUT2D eigenvalue weighted by atomic mass is 10.1. The highest BCUT2D eigenvalue weighted by atomic mass is 79.9. The van der Waals surface area contributed by atoms with Crippen molar-refractivity contribution in [1.29, 1.82) is 0 Å².